The Kier molecular flexibility index (Phi) is 7.50. The maximum Gasteiger partial charge on any atom is 0.307 e. The first-order valence-corrected chi connectivity index (χ1v) is 12.4. The average molecular weight is 474 g/mol. The predicted octanol–water partition coefficient (Wildman–Crippen LogP) is 2.78. The maximum atomic E-state index is 5.44. The summed E-state index contributed by atoms with van der Waals surface area (Å²) < 4.78 is 14.7. The van der Waals surface area contributed by atoms with Crippen LogP contribution in [-0.2, 0) is 15.9 Å². The van der Waals surface area contributed by atoms with Crippen molar-refractivity contribution in [1.82, 2.24) is 4.68 Å². The molecular formula is C27H33N6O2+. The molecule has 0 N–H and O–H groups in total. The molecule has 0 unspecified atom stereocenters. The van der Waals surface area contributed by atoms with Crippen molar-refractivity contribution < 1.29 is 14.1 Å². The smallest absolute Gasteiger partial charge is 0.307 e. The lowest BCUT2D eigenvalue weighted by Gasteiger charge is -2.28. The first-order valence-electron chi connectivity index (χ1n) is 12.4. The van der Waals surface area contributed by atoms with Crippen molar-refractivity contribution in [2.45, 2.75) is 13.3 Å². The van der Waals surface area contributed by atoms with E-state index in [0.717, 1.165) is 76.0 Å². The molecule has 0 spiro atoms. The summed E-state index contributed by atoms with van der Waals surface area (Å²) in [6.45, 7) is 9.03. The van der Waals surface area contributed by atoms with E-state index in [1.165, 1.54) is 11.4 Å². The third-order valence-electron chi connectivity index (χ3n) is 6.40. The van der Waals surface area contributed by atoms with Gasteiger partial charge < -0.3 is 19.3 Å². The second-order valence-electron chi connectivity index (χ2n) is 8.63. The molecule has 2 aliphatic heterocycles. The Morgan fingerprint density at radius 2 is 1.29 bits per heavy atom. The summed E-state index contributed by atoms with van der Waals surface area (Å²) in [6.07, 6.45) is 8.47. The molecule has 182 valence electrons. The molecule has 2 aromatic carbocycles. The third kappa shape index (κ3) is 5.78. The van der Waals surface area contributed by atoms with E-state index in [4.69, 9.17) is 9.47 Å². The number of hydrogen-bond acceptors (Lipinski definition) is 6. The summed E-state index contributed by atoms with van der Waals surface area (Å²) in [4.78, 5) is 4.70. The van der Waals surface area contributed by atoms with Gasteiger partial charge in [-0.05, 0) is 35.4 Å². The Labute approximate surface area is 206 Å². The van der Waals surface area contributed by atoms with Crippen molar-refractivity contribution in [3.63, 3.8) is 0 Å². The van der Waals surface area contributed by atoms with Crippen molar-refractivity contribution in [2.24, 2.45) is 10.2 Å². The molecule has 2 saturated heterocycles. The highest BCUT2D eigenvalue weighted by molar-refractivity contribution is 5.80. The fourth-order valence-electron chi connectivity index (χ4n) is 4.38. The molecule has 0 radical (unpaired) electrons. The molecule has 2 aliphatic rings. The van der Waals surface area contributed by atoms with Crippen molar-refractivity contribution >= 4 is 23.8 Å². The van der Waals surface area contributed by atoms with Gasteiger partial charge in [0.2, 0.25) is 0 Å². The Balaban J connectivity index is 1.24. The lowest BCUT2D eigenvalue weighted by molar-refractivity contribution is -0.685. The molecule has 2 fully saturated rings. The van der Waals surface area contributed by atoms with Crippen LogP contribution in [0.15, 0.2) is 71.1 Å². The van der Waals surface area contributed by atoms with Crippen LogP contribution in [0.1, 0.15) is 23.9 Å². The van der Waals surface area contributed by atoms with E-state index in [-0.39, 0.29) is 0 Å². The predicted molar refractivity (Wildman–Crippen MR) is 139 cm³/mol. The molecule has 3 heterocycles. The van der Waals surface area contributed by atoms with Gasteiger partial charge in [0.25, 0.3) is 0 Å². The van der Waals surface area contributed by atoms with E-state index in [1.54, 1.807) is 0 Å². The van der Waals surface area contributed by atoms with Crippen LogP contribution in [-0.4, -0.2) is 69.7 Å². The number of hydrogen-bond donors (Lipinski definition) is 0. The fourth-order valence-corrected chi connectivity index (χ4v) is 4.38. The zero-order valence-electron chi connectivity index (χ0n) is 20.3. The van der Waals surface area contributed by atoms with Crippen LogP contribution < -0.4 is 14.5 Å². The van der Waals surface area contributed by atoms with Crippen molar-refractivity contribution in [1.29, 1.82) is 0 Å². The van der Waals surface area contributed by atoms with Gasteiger partial charge in [-0.3, -0.25) is 0 Å². The van der Waals surface area contributed by atoms with Gasteiger partial charge >= 0.3 is 5.82 Å². The number of aromatic nitrogens is 2. The summed E-state index contributed by atoms with van der Waals surface area (Å²) in [5.74, 6) is 1.01. The molecule has 5 rings (SSSR count). The average Bonchev–Trinajstić information content (AvgIpc) is 3.34. The zero-order chi connectivity index (χ0) is 23.9. The first kappa shape index (κ1) is 23.3. The number of imidazole rings is 1. The normalized spacial score (nSPS) is 17.1. The van der Waals surface area contributed by atoms with E-state index in [9.17, 15) is 0 Å². The Hall–Kier alpha value is -3.49. The Morgan fingerprint density at radius 3 is 1.80 bits per heavy atom. The summed E-state index contributed by atoms with van der Waals surface area (Å²) in [5.41, 5.74) is 4.58. The van der Waals surface area contributed by atoms with Crippen molar-refractivity contribution in [3.05, 3.63) is 77.9 Å². The zero-order valence-corrected chi connectivity index (χ0v) is 20.3. The minimum absolute atomic E-state index is 0.791. The molecule has 0 atom stereocenters. The molecule has 0 bridgehead atoms. The van der Waals surface area contributed by atoms with Gasteiger partial charge in [0.05, 0.1) is 45.3 Å². The molecule has 8 heteroatoms. The number of nitrogens with zero attached hydrogens (tertiary/aromatic N) is 6. The Bertz CT molecular complexity index is 1050. The Morgan fingerprint density at radius 1 is 0.771 bits per heavy atom. The minimum atomic E-state index is 0.791. The third-order valence-corrected chi connectivity index (χ3v) is 6.40. The van der Waals surface area contributed by atoms with Crippen molar-refractivity contribution in [2.75, 3.05) is 62.4 Å². The molecular weight excluding hydrogens is 440 g/mol. The molecule has 1 aromatic heterocycles. The van der Waals surface area contributed by atoms with Gasteiger partial charge in [0, 0.05) is 37.6 Å². The van der Waals surface area contributed by atoms with Crippen LogP contribution in [0.3, 0.4) is 0 Å². The summed E-state index contributed by atoms with van der Waals surface area (Å²) in [6, 6.07) is 17.0. The second-order valence-corrected chi connectivity index (χ2v) is 8.63. The van der Waals surface area contributed by atoms with Gasteiger partial charge in [-0.1, -0.05) is 41.4 Å². The number of ether oxygens (including phenoxy) is 2. The molecule has 0 saturated carbocycles. The highest BCUT2D eigenvalue weighted by atomic mass is 16.5. The lowest BCUT2D eigenvalue weighted by atomic mass is 10.2. The maximum absolute atomic E-state index is 5.44. The molecule has 35 heavy (non-hydrogen) atoms. The lowest BCUT2D eigenvalue weighted by Crippen LogP contribution is -2.36. The largest absolute Gasteiger partial charge is 0.378 e. The van der Waals surface area contributed by atoms with Crippen LogP contribution in [0.5, 0.6) is 0 Å². The van der Waals surface area contributed by atoms with Crippen LogP contribution in [0, 0.1) is 0 Å². The number of anilines is 2. The second kappa shape index (κ2) is 11.3. The standard InChI is InChI=1S/C27H33N6O2/c1-2-27-32(28-21-23-3-7-25(8-4-23)30-13-17-34-18-14-30)11-12-33(27)29-22-24-5-9-26(10-6-24)31-15-19-35-20-16-31/h3-12,21-22H,2,13-20H2,1H3/q+1/b28-21-,29-22-. The van der Waals surface area contributed by atoms with Gasteiger partial charge in [-0.2, -0.15) is 0 Å². The number of rotatable bonds is 7. The molecule has 0 aliphatic carbocycles. The van der Waals surface area contributed by atoms with Gasteiger partial charge in [0.1, 0.15) is 0 Å². The molecule has 8 nitrogen and oxygen atoms in total. The monoisotopic (exact) mass is 473 g/mol. The van der Waals surface area contributed by atoms with E-state index in [1.807, 2.05) is 34.2 Å². The fraction of sp³-hybridized carbons (Fsp3) is 0.370. The van der Waals surface area contributed by atoms with Crippen LogP contribution in [0.4, 0.5) is 11.4 Å². The highest BCUT2D eigenvalue weighted by Gasteiger charge is 2.15. The van der Waals surface area contributed by atoms with Crippen LogP contribution in [0.2, 0.25) is 0 Å². The highest BCUT2D eigenvalue weighted by Crippen LogP contribution is 2.17. The summed E-state index contributed by atoms with van der Waals surface area (Å²) in [5, 5.41) is 9.35. The number of morpholine rings is 2. The van der Waals surface area contributed by atoms with Crippen LogP contribution in [0.25, 0.3) is 0 Å². The number of benzene rings is 2. The minimum Gasteiger partial charge on any atom is -0.378 e. The van der Waals surface area contributed by atoms with Crippen LogP contribution >= 0.6 is 0 Å². The van der Waals surface area contributed by atoms with E-state index < -0.39 is 0 Å². The summed E-state index contributed by atoms with van der Waals surface area (Å²) >= 11 is 0. The first-order chi connectivity index (χ1) is 17.3. The van der Waals surface area contributed by atoms with Gasteiger partial charge in [-0.25, -0.2) is 0 Å². The van der Waals surface area contributed by atoms with E-state index in [2.05, 4.69) is 75.5 Å². The van der Waals surface area contributed by atoms with Crippen molar-refractivity contribution in [3.8, 4) is 0 Å². The summed E-state index contributed by atoms with van der Waals surface area (Å²) in [7, 11) is 0. The molecule has 3 aromatic rings. The van der Waals surface area contributed by atoms with Gasteiger partial charge in [-0.15, -0.1) is 9.35 Å². The van der Waals surface area contributed by atoms with Gasteiger partial charge in [0.15, 0.2) is 12.4 Å². The quantitative estimate of drug-likeness (QED) is 0.391. The van der Waals surface area contributed by atoms with E-state index >= 15 is 0 Å². The topological polar surface area (TPSA) is 58.5 Å². The van der Waals surface area contributed by atoms with E-state index in [0.29, 0.717) is 0 Å². The SMILES string of the molecule is CCc1n(/N=C\c2ccc(N3CCOCC3)cc2)cc[n+]1/N=C\c1ccc(N2CCOCC2)cc1. The molecule has 0 amide bonds.